The number of aromatic nitrogens is 6. The topological polar surface area (TPSA) is 61.4 Å². The van der Waals surface area contributed by atoms with Gasteiger partial charge in [-0.25, -0.2) is 0 Å². The minimum atomic E-state index is -0.437. The number of hydrogen-bond donors (Lipinski definition) is 0. The number of fused-ring (bicyclic) bond motifs is 38. The summed E-state index contributed by atoms with van der Waals surface area (Å²) in [6.07, 6.45) is 7.16. The summed E-state index contributed by atoms with van der Waals surface area (Å²) in [5.41, 5.74) is 50.0. The molecule has 2 spiro atoms. The lowest BCUT2D eigenvalue weighted by Gasteiger charge is -2.30. The van der Waals surface area contributed by atoms with Crippen LogP contribution < -0.4 is 0 Å². The molecule has 6 heteroatoms. The summed E-state index contributed by atoms with van der Waals surface area (Å²) in [7, 11) is 0. The van der Waals surface area contributed by atoms with Crippen LogP contribution in [-0.2, 0) is 10.8 Å². The monoisotopic (exact) mass is 1870 g/mol. The Kier molecular flexibility index (Phi) is 18.3. The molecule has 4 aliphatic rings. The van der Waals surface area contributed by atoms with Gasteiger partial charge < -0.3 is 9.13 Å². The molecule has 32 rings (SSSR count). The second-order valence-electron chi connectivity index (χ2n) is 40.0. The Morgan fingerprint density at radius 1 is 0.128 bits per heavy atom. The van der Waals surface area contributed by atoms with Gasteiger partial charge >= 0.3 is 0 Å². The van der Waals surface area contributed by atoms with Gasteiger partial charge in [0.05, 0.1) is 55.0 Å². The van der Waals surface area contributed by atoms with Crippen molar-refractivity contribution in [3.8, 4) is 145 Å². The highest BCUT2D eigenvalue weighted by Gasteiger charge is 2.53. The van der Waals surface area contributed by atoms with Crippen molar-refractivity contribution in [3.63, 3.8) is 0 Å². The van der Waals surface area contributed by atoms with Gasteiger partial charge in [-0.05, 0) is 297 Å². The van der Waals surface area contributed by atoms with Crippen LogP contribution in [-0.4, -0.2) is 29.1 Å². The van der Waals surface area contributed by atoms with E-state index in [-0.39, 0.29) is 0 Å². The summed E-state index contributed by atoms with van der Waals surface area (Å²) in [5, 5.41) is 14.0. The molecule has 684 valence electrons. The third kappa shape index (κ3) is 12.3. The summed E-state index contributed by atoms with van der Waals surface area (Å²) in [4.78, 5) is 19.2. The van der Waals surface area contributed by atoms with E-state index in [9.17, 15) is 0 Å². The SMILES string of the molecule is c1cc(-c2ccc3c(c2)c2ccccc2c2nccnc32)cc(-n2c3ccc(-c4ccc5c(c4)C4(c6ccccc6-c6ccccc64)c4ccccc4-5)cc3c3cc(-c4ccc5c(c4)C4(c6ccccc6-c6ccccc64)c4ccccc4-5)ccc32)c1.c1ccc(-c2ccc(-c3ccc4c(c3)c3cc(-c5ccc(-c6ccccc6)cc5)ccc3n4-c3cccc(-c4ccc5c(c4)c4ccccc4c4nccnc54)c3)cc2)cc1. The summed E-state index contributed by atoms with van der Waals surface area (Å²) in [6, 6.07) is 185. The van der Waals surface area contributed by atoms with Crippen molar-refractivity contribution in [1.82, 2.24) is 29.1 Å². The maximum atomic E-state index is 4.87. The van der Waals surface area contributed by atoms with Gasteiger partial charge in [-0.15, -0.1) is 0 Å². The van der Waals surface area contributed by atoms with Gasteiger partial charge in [0, 0.05) is 79.3 Å². The molecule has 6 nitrogen and oxygen atoms in total. The summed E-state index contributed by atoms with van der Waals surface area (Å²) in [5.74, 6) is 0. The molecule has 0 bridgehead atoms. The molecule has 0 fully saturated rings. The van der Waals surface area contributed by atoms with Gasteiger partial charge in [-0.2, -0.15) is 0 Å². The maximum absolute atomic E-state index is 4.87. The molecule has 0 unspecified atom stereocenters. The molecule has 148 heavy (non-hydrogen) atoms. The van der Waals surface area contributed by atoms with Crippen molar-refractivity contribution < 1.29 is 0 Å². The minimum absolute atomic E-state index is 0.437. The first kappa shape index (κ1) is 83.2. The van der Waals surface area contributed by atoms with Crippen molar-refractivity contribution in [2.75, 3.05) is 0 Å². The van der Waals surface area contributed by atoms with Crippen LogP contribution in [0.5, 0.6) is 0 Å². The van der Waals surface area contributed by atoms with Gasteiger partial charge in [-0.3, -0.25) is 19.9 Å². The Bertz CT molecular complexity index is 9920. The van der Waals surface area contributed by atoms with Crippen LogP contribution >= 0.6 is 0 Å². The molecule has 0 radical (unpaired) electrons. The molecule has 0 atom stereocenters. The van der Waals surface area contributed by atoms with Crippen LogP contribution in [0.25, 0.3) is 254 Å². The highest BCUT2D eigenvalue weighted by Crippen LogP contribution is 2.66. The van der Waals surface area contributed by atoms with Gasteiger partial charge in [0.2, 0.25) is 0 Å². The van der Waals surface area contributed by atoms with Crippen LogP contribution in [0.4, 0.5) is 0 Å². The first-order chi connectivity index (χ1) is 73.4. The predicted molar refractivity (Wildman–Crippen MR) is 614 cm³/mol. The third-order valence-corrected chi connectivity index (χ3v) is 32.6. The second kappa shape index (κ2) is 32.6. The van der Waals surface area contributed by atoms with Gasteiger partial charge in [0.25, 0.3) is 0 Å². The van der Waals surface area contributed by atoms with Gasteiger partial charge in [-0.1, -0.05) is 400 Å². The van der Waals surface area contributed by atoms with E-state index in [1.54, 1.807) is 24.8 Å². The fourth-order valence-corrected chi connectivity index (χ4v) is 26.1. The molecular formula is C142H86N6. The normalized spacial score (nSPS) is 13.0. The molecule has 0 saturated heterocycles. The lowest BCUT2D eigenvalue weighted by Crippen LogP contribution is -2.25. The molecule has 0 amide bonds. The number of hydrogen-bond acceptors (Lipinski definition) is 4. The zero-order chi connectivity index (χ0) is 97.0. The zero-order valence-electron chi connectivity index (χ0n) is 80.3. The Morgan fingerprint density at radius 3 is 0.655 bits per heavy atom. The van der Waals surface area contributed by atoms with E-state index in [1.807, 2.05) is 0 Å². The molecule has 24 aromatic carbocycles. The molecule has 0 N–H and O–H groups in total. The summed E-state index contributed by atoms with van der Waals surface area (Å²) < 4.78 is 4.92. The summed E-state index contributed by atoms with van der Waals surface area (Å²) >= 11 is 0. The zero-order valence-corrected chi connectivity index (χ0v) is 80.3. The Morgan fingerprint density at radius 2 is 0.338 bits per heavy atom. The Labute approximate surface area is 854 Å². The van der Waals surface area contributed by atoms with Crippen molar-refractivity contribution in [2.45, 2.75) is 10.8 Å². The van der Waals surface area contributed by atoms with E-state index >= 15 is 0 Å². The van der Waals surface area contributed by atoms with Crippen molar-refractivity contribution in [3.05, 3.63) is 567 Å². The molecule has 28 aromatic rings. The number of benzene rings is 24. The molecule has 0 saturated carbocycles. The maximum Gasteiger partial charge on any atom is 0.0971 e. The number of nitrogens with zero attached hydrogens (tertiary/aromatic N) is 6. The van der Waals surface area contributed by atoms with E-state index in [4.69, 9.17) is 19.9 Å². The van der Waals surface area contributed by atoms with Crippen molar-refractivity contribution >= 4 is 109 Å². The molecule has 4 aliphatic carbocycles. The highest BCUT2D eigenvalue weighted by molar-refractivity contribution is 6.25. The average Bonchev–Trinajstić information content (AvgIpc) is 1.51. The van der Waals surface area contributed by atoms with Crippen molar-refractivity contribution in [1.29, 1.82) is 0 Å². The van der Waals surface area contributed by atoms with Crippen LogP contribution in [0.15, 0.2) is 522 Å². The minimum Gasteiger partial charge on any atom is -0.309 e. The van der Waals surface area contributed by atoms with Crippen molar-refractivity contribution in [2.24, 2.45) is 0 Å². The molecule has 4 heterocycles. The number of rotatable bonds is 10. The lowest BCUT2D eigenvalue weighted by atomic mass is 9.70. The van der Waals surface area contributed by atoms with Crippen LogP contribution in [0.3, 0.4) is 0 Å². The molecule has 0 aliphatic heterocycles. The molecular weight excluding hydrogens is 1790 g/mol. The summed E-state index contributed by atoms with van der Waals surface area (Å²) in [6.45, 7) is 0. The smallest absolute Gasteiger partial charge is 0.0971 e. The predicted octanol–water partition coefficient (Wildman–Crippen LogP) is 36.1. The fraction of sp³-hybridized carbons (Fsp3) is 0.0141. The van der Waals surface area contributed by atoms with Gasteiger partial charge in [0.15, 0.2) is 0 Å². The van der Waals surface area contributed by atoms with E-state index < -0.39 is 10.8 Å². The Hall–Kier alpha value is -19.4. The second-order valence-corrected chi connectivity index (χ2v) is 40.0. The van der Waals surface area contributed by atoms with E-state index in [0.29, 0.717) is 0 Å². The van der Waals surface area contributed by atoms with E-state index in [0.717, 1.165) is 88.3 Å². The quantitative estimate of drug-likeness (QED) is 0.128. The third-order valence-electron chi connectivity index (χ3n) is 32.6. The Balaban J connectivity index is 0.000000143. The van der Waals surface area contributed by atoms with E-state index in [1.165, 1.54) is 210 Å². The first-order valence-corrected chi connectivity index (χ1v) is 51.1. The highest BCUT2D eigenvalue weighted by atomic mass is 15.0. The van der Waals surface area contributed by atoms with E-state index in [2.05, 4.69) is 507 Å². The van der Waals surface area contributed by atoms with Gasteiger partial charge in [0.1, 0.15) is 0 Å². The lowest BCUT2D eigenvalue weighted by molar-refractivity contribution is 0.794. The largest absolute Gasteiger partial charge is 0.309 e. The standard InChI is InChI=1S/C84H49N3.C58H37N3/c1-2-25-66-57(18-1)68-45-51(34-39-67(68)82-81(66)85-42-43-86-82)50-16-15-17-56(44-50)87-79-40-35-52(54-32-37-64-62-23-7-13-30-75(62)83(77(64)48-54)71-26-9-3-19-58(71)59-20-4-10-27-72(59)83)46-69(79)70-47-53(36-41-80(70)87)55-33-38-65-63-24-8-14-31-76(63)84(78(65)49-55)73-28-11-5-21-60(73)61-22-6-12-29-74(61)84;1-3-10-38(11-4-1)40-18-22-42(23-19-40)45-27-30-55-53(36-45)54-37-46(43-24-20-41(21-25-43)39-12-5-2-6-13-39)28-31-56(54)61(55)48-15-9-14-44(34-48)47-26-29-51-52(35-47)49-16-7-8-17-50(49)57-58(51)60-33-32-59-57/h1-49H;1-37H. The fourth-order valence-electron chi connectivity index (χ4n) is 26.1. The molecule has 4 aromatic heterocycles. The average molecular weight is 1880 g/mol. The van der Waals surface area contributed by atoms with Crippen LogP contribution in [0, 0.1) is 0 Å². The van der Waals surface area contributed by atoms with Crippen LogP contribution in [0.1, 0.15) is 44.5 Å². The van der Waals surface area contributed by atoms with Crippen LogP contribution in [0.2, 0.25) is 0 Å². The first-order valence-electron chi connectivity index (χ1n) is 51.1.